The number of halogens is 5. The van der Waals surface area contributed by atoms with E-state index in [1.165, 1.54) is 13.8 Å². The number of hydrogen-bond donors (Lipinski definition) is 0. The van der Waals surface area contributed by atoms with Gasteiger partial charge in [-0.3, -0.25) is 4.79 Å². The number of hydrogen-bond acceptors (Lipinski definition) is 3. The first-order valence-electron chi connectivity index (χ1n) is 5.36. The van der Waals surface area contributed by atoms with Gasteiger partial charge in [-0.05, 0) is 13.8 Å². The zero-order valence-corrected chi connectivity index (χ0v) is 10.8. The van der Waals surface area contributed by atoms with Crippen molar-refractivity contribution in [3.63, 3.8) is 0 Å². The molecule has 0 radical (unpaired) electrons. The second-order valence-corrected chi connectivity index (χ2v) is 4.56. The lowest BCUT2D eigenvalue weighted by atomic mass is 9.95. The normalized spacial score (nSPS) is 11.4. The SMILES string of the molecule is COC(=O)C(C)(C)COc1c(F)c(F)c(F)c(F)c1F. The Morgan fingerprint density at radius 3 is 1.75 bits per heavy atom. The molecular formula is C12H11F5O3. The third-order valence-corrected chi connectivity index (χ3v) is 2.48. The lowest BCUT2D eigenvalue weighted by Crippen LogP contribution is -2.32. The summed E-state index contributed by atoms with van der Waals surface area (Å²) in [7, 11) is 1.09. The molecule has 0 aliphatic rings. The number of carbonyl (C=O) groups is 1. The van der Waals surface area contributed by atoms with Crippen LogP contribution in [0.4, 0.5) is 22.0 Å². The van der Waals surface area contributed by atoms with E-state index in [1.807, 2.05) is 0 Å². The molecule has 0 unspecified atom stereocenters. The highest BCUT2D eigenvalue weighted by Crippen LogP contribution is 2.30. The van der Waals surface area contributed by atoms with Gasteiger partial charge in [0.05, 0.1) is 12.5 Å². The molecule has 0 fully saturated rings. The second-order valence-electron chi connectivity index (χ2n) is 4.56. The Labute approximate surface area is 111 Å². The summed E-state index contributed by atoms with van der Waals surface area (Å²) in [6.45, 7) is 2.02. The number of methoxy groups -OCH3 is 1. The summed E-state index contributed by atoms with van der Waals surface area (Å²) in [4.78, 5) is 11.3. The molecule has 0 aliphatic carbocycles. The largest absolute Gasteiger partial charge is 0.486 e. The van der Waals surface area contributed by atoms with Crippen LogP contribution in [0.1, 0.15) is 13.8 Å². The van der Waals surface area contributed by atoms with Gasteiger partial charge in [0.2, 0.25) is 29.1 Å². The Morgan fingerprint density at radius 1 is 0.950 bits per heavy atom. The molecule has 1 aromatic rings. The third kappa shape index (κ3) is 2.83. The van der Waals surface area contributed by atoms with Crippen molar-refractivity contribution in [1.29, 1.82) is 0 Å². The van der Waals surface area contributed by atoms with Gasteiger partial charge < -0.3 is 9.47 Å². The summed E-state index contributed by atoms with van der Waals surface area (Å²) >= 11 is 0. The number of esters is 1. The van der Waals surface area contributed by atoms with Crippen LogP contribution in [0.3, 0.4) is 0 Å². The van der Waals surface area contributed by atoms with Gasteiger partial charge in [-0.25, -0.2) is 13.2 Å². The highest BCUT2D eigenvalue weighted by Gasteiger charge is 2.33. The molecule has 0 saturated carbocycles. The number of rotatable bonds is 4. The van der Waals surface area contributed by atoms with E-state index in [0.717, 1.165) is 7.11 Å². The molecule has 8 heteroatoms. The molecule has 0 spiro atoms. The molecule has 0 aliphatic heterocycles. The summed E-state index contributed by atoms with van der Waals surface area (Å²) < 4.78 is 74.2. The Morgan fingerprint density at radius 2 is 1.35 bits per heavy atom. The van der Waals surface area contributed by atoms with Crippen LogP contribution in [0.2, 0.25) is 0 Å². The minimum Gasteiger partial charge on any atom is -0.486 e. The van der Waals surface area contributed by atoms with Gasteiger partial charge in [-0.2, -0.15) is 8.78 Å². The summed E-state index contributed by atoms with van der Waals surface area (Å²) in [5.74, 6) is -12.9. The number of benzene rings is 1. The first kappa shape index (κ1) is 16.2. The fraction of sp³-hybridized carbons (Fsp3) is 0.417. The van der Waals surface area contributed by atoms with E-state index in [2.05, 4.69) is 9.47 Å². The minimum atomic E-state index is -2.28. The Balaban J connectivity index is 3.09. The molecule has 1 rings (SSSR count). The molecule has 0 N–H and O–H groups in total. The van der Waals surface area contributed by atoms with E-state index >= 15 is 0 Å². The molecule has 20 heavy (non-hydrogen) atoms. The highest BCUT2D eigenvalue weighted by molar-refractivity contribution is 5.75. The molecule has 0 aromatic heterocycles. The van der Waals surface area contributed by atoms with E-state index < -0.39 is 52.8 Å². The van der Waals surface area contributed by atoms with Crippen LogP contribution in [0, 0.1) is 34.5 Å². The summed E-state index contributed by atoms with van der Waals surface area (Å²) in [6, 6.07) is 0. The predicted molar refractivity (Wildman–Crippen MR) is 57.5 cm³/mol. The highest BCUT2D eigenvalue weighted by atomic mass is 19.2. The molecule has 0 heterocycles. The van der Waals surface area contributed by atoms with Crippen molar-refractivity contribution in [1.82, 2.24) is 0 Å². The lowest BCUT2D eigenvalue weighted by molar-refractivity contribution is -0.152. The Hall–Kier alpha value is -1.86. The summed E-state index contributed by atoms with van der Waals surface area (Å²) in [5.41, 5.74) is -1.32. The second kappa shape index (κ2) is 5.64. The average Bonchev–Trinajstić information content (AvgIpc) is 2.41. The van der Waals surface area contributed by atoms with Gasteiger partial charge in [-0.1, -0.05) is 0 Å². The van der Waals surface area contributed by atoms with Crippen molar-refractivity contribution < 1.29 is 36.2 Å². The van der Waals surface area contributed by atoms with E-state index in [4.69, 9.17) is 0 Å². The molecule has 0 saturated heterocycles. The molecular weight excluding hydrogens is 287 g/mol. The molecule has 0 amide bonds. The minimum absolute atomic E-state index is 0.627. The maximum atomic E-state index is 13.3. The Bertz CT molecular complexity index is 513. The number of ether oxygens (including phenoxy) is 2. The van der Waals surface area contributed by atoms with Crippen LogP contribution < -0.4 is 4.74 Å². The average molecular weight is 298 g/mol. The van der Waals surface area contributed by atoms with Crippen LogP contribution in [-0.2, 0) is 9.53 Å². The van der Waals surface area contributed by atoms with Crippen molar-refractivity contribution in [3.05, 3.63) is 29.1 Å². The van der Waals surface area contributed by atoms with E-state index in [9.17, 15) is 26.7 Å². The Kier molecular flexibility index (Phi) is 4.57. The van der Waals surface area contributed by atoms with Crippen molar-refractivity contribution >= 4 is 5.97 Å². The first-order valence-corrected chi connectivity index (χ1v) is 5.36. The maximum Gasteiger partial charge on any atom is 0.314 e. The first-order chi connectivity index (χ1) is 9.13. The lowest BCUT2D eigenvalue weighted by Gasteiger charge is -2.22. The topological polar surface area (TPSA) is 35.5 Å². The van der Waals surface area contributed by atoms with Gasteiger partial charge >= 0.3 is 5.97 Å². The smallest absolute Gasteiger partial charge is 0.314 e. The van der Waals surface area contributed by atoms with Crippen LogP contribution >= 0.6 is 0 Å². The van der Waals surface area contributed by atoms with Gasteiger partial charge in [0.15, 0.2) is 5.75 Å². The monoisotopic (exact) mass is 298 g/mol. The van der Waals surface area contributed by atoms with E-state index in [1.54, 1.807) is 0 Å². The van der Waals surface area contributed by atoms with Crippen molar-refractivity contribution in [2.75, 3.05) is 13.7 Å². The fourth-order valence-corrected chi connectivity index (χ4v) is 1.30. The molecule has 0 bridgehead atoms. The molecule has 112 valence electrons. The quantitative estimate of drug-likeness (QED) is 0.371. The van der Waals surface area contributed by atoms with Crippen LogP contribution in [0.15, 0.2) is 0 Å². The van der Waals surface area contributed by atoms with Crippen LogP contribution in [0.25, 0.3) is 0 Å². The zero-order chi connectivity index (χ0) is 15.7. The molecule has 1 aromatic carbocycles. The van der Waals surface area contributed by atoms with Crippen LogP contribution in [-0.4, -0.2) is 19.7 Å². The van der Waals surface area contributed by atoms with E-state index in [0.29, 0.717) is 0 Å². The van der Waals surface area contributed by atoms with Crippen molar-refractivity contribution in [3.8, 4) is 5.75 Å². The number of carbonyl (C=O) groups excluding carboxylic acids is 1. The summed E-state index contributed by atoms with van der Waals surface area (Å²) in [5, 5.41) is 0. The van der Waals surface area contributed by atoms with Gasteiger partial charge in [-0.15, -0.1) is 0 Å². The van der Waals surface area contributed by atoms with Gasteiger partial charge in [0.25, 0.3) is 0 Å². The predicted octanol–water partition coefficient (Wildman–Crippen LogP) is 2.96. The van der Waals surface area contributed by atoms with Gasteiger partial charge in [0, 0.05) is 0 Å². The van der Waals surface area contributed by atoms with Crippen LogP contribution in [0.5, 0.6) is 5.75 Å². The standard InChI is InChI=1S/C12H11F5O3/c1-12(2,11(18)19-3)4-20-10-8(16)6(14)5(13)7(15)9(10)17/h4H2,1-3H3. The fourth-order valence-electron chi connectivity index (χ4n) is 1.30. The molecule has 3 nitrogen and oxygen atoms in total. The molecule has 0 atom stereocenters. The maximum absolute atomic E-state index is 13.3. The third-order valence-electron chi connectivity index (χ3n) is 2.48. The zero-order valence-electron chi connectivity index (χ0n) is 10.8. The van der Waals surface area contributed by atoms with Crippen molar-refractivity contribution in [2.24, 2.45) is 5.41 Å². The summed E-state index contributed by atoms with van der Waals surface area (Å²) in [6.07, 6.45) is 0. The van der Waals surface area contributed by atoms with Gasteiger partial charge in [0.1, 0.15) is 6.61 Å². The van der Waals surface area contributed by atoms with E-state index in [-0.39, 0.29) is 0 Å². The van der Waals surface area contributed by atoms with Crippen molar-refractivity contribution in [2.45, 2.75) is 13.8 Å².